The van der Waals surface area contributed by atoms with Gasteiger partial charge in [0, 0.05) is 39.3 Å². The van der Waals surface area contributed by atoms with Gasteiger partial charge in [0.2, 0.25) is 0 Å². The largest absolute Gasteiger partial charge is 0.354 e. The summed E-state index contributed by atoms with van der Waals surface area (Å²) >= 11 is 0. The molecule has 0 aliphatic carbocycles. The van der Waals surface area contributed by atoms with E-state index in [4.69, 9.17) is 0 Å². The van der Waals surface area contributed by atoms with E-state index >= 15 is 0 Å². The third-order valence-electron chi connectivity index (χ3n) is 3.61. The van der Waals surface area contributed by atoms with Gasteiger partial charge in [-0.15, -0.1) is 24.0 Å². The zero-order valence-electron chi connectivity index (χ0n) is 14.9. The van der Waals surface area contributed by atoms with Crippen LogP contribution in [0.4, 0.5) is 4.39 Å². The standard InChI is InChI=1S/C19H23FN4O.HI/c1-21-19(24(2)14-15-7-6-10-17(20)13-15)23-12-11-22-18(25)16-8-4-3-5-9-16;/h3-10,13H,11-12,14H2,1-2H3,(H,21,23)(H,22,25);1H. The zero-order valence-corrected chi connectivity index (χ0v) is 17.2. The Morgan fingerprint density at radius 3 is 2.42 bits per heavy atom. The summed E-state index contributed by atoms with van der Waals surface area (Å²) in [5, 5.41) is 6.03. The van der Waals surface area contributed by atoms with Gasteiger partial charge in [-0.25, -0.2) is 4.39 Å². The number of benzene rings is 2. The summed E-state index contributed by atoms with van der Waals surface area (Å²) in [6.45, 7) is 1.55. The summed E-state index contributed by atoms with van der Waals surface area (Å²) in [7, 11) is 3.57. The molecule has 0 heterocycles. The molecule has 5 nitrogen and oxygen atoms in total. The smallest absolute Gasteiger partial charge is 0.251 e. The summed E-state index contributed by atoms with van der Waals surface area (Å²) in [6, 6.07) is 15.6. The van der Waals surface area contributed by atoms with Gasteiger partial charge in [-0.05, 0) is 29.8 Å². The second-order valence-corrected chi connectivity index (χ2v) is 5.58. The summed E-state index contributed by atoms with van der Waals surface area (Å²) in [6.07, 6.45) is 0. The Kier molecular flexibility index (Phi) is 9.64. The van der Waals surface area contributed by atoms with E-state index in [1.165, 1.54) is 12.1 Å². The second kappa shape index (κ2) is 11.5. The van der Waals surface area contributed by atoms with E-state index in [9.17, 15) is 9.18 Å². The Balaban J connectivity index is 0.00000338. The number of carbonyl (C=O) groups excluding carboxylic acids is 1. The first-order chi connectivity index (χ1) is 12.1. The van der Waals surface area contributed by atoms with E-state index in [1.54, 1.807) is 25.2 Å². The molecule has 0 atom stereocenters. The van der Waals surface area contributed by atoms with Gasteiger partial charge in [-0.1, -0.05) is 30.3 Å². The van der Waals surface area contributed by atoms with Gasteiger partial charge in [0.15, 0.2) is 5.96 Å². The topological polar surface area (TPSA) is 56.7 Å². The summed E-state index contributed by atoms with van der Waals surface area (Å²) in [5.41, 5.74) is 1.50. The number of aliphatic imine (C=N–C) groups is 1. The molecular formula is C19H24FIN4O. The molecule has 1 amide bonds. The van der Waals surface area contributed by atoms with Gasteiger partial charge in [-0.3, -0.25) is 9.79 Å². The maximum atomic E-state index is 13.3. The molecule has 140 valence electrons. The molecule has 2 aromatic rings. The van der Waals surface area contributed by atoms with E-state index in [1.807, 2.05) is 36.2 Å². The predicted octanol–water partition coefficient (Wildman–Crippen LogP) is 2.88. The quantitative estimate of drug-likeness (QED) is 0.296. The highest BCUT2D eigenvalue weighted by Gasteiger charge is 2.08. The van der Waals surface area contributed by atoms with Crippen LogP contribution in [0.5, 0.6) is 0 Å². The highest BCUT2D eigenvalue weighted by molar-refractivity contribution is 14.0. The molecule has 0 saturated carbocycles. The van der Waals surface area contributed by atoms with Crippen LogP contribution in [-0.2, 0) is 6.54 Å². The van der Waals surface area contributed by atoms with Gasteiger partial charge < -0.3 is 15.5 Å². The van der Waals surface area contributed by atoms with E-state index in [2.05, 4.69) is 15.6 Å². The predicted molar refractivity (Wildman–Crippen MR) is 113 cm³/mol. The van der Waals surface area contributed by atoms with Crippen LogP contribution in [0, 0.1) is 5.82 Å². The molecule has 0 spiro atoms. The lowest BCUT2D eigenvalue weighted by Crippen LogP contribution is -2.42. The number of carbonyl (C=O) groups is 1. The molecule has 0 aromatic heterocycles. The molecule has 0 saturated heterocycles. The molecule has 0 aliphatic rings. The SMILES string of the molecule is CN=C(NCCNC(=O)c1ccccc1)N(C)Cc1cccc(F)c1.I. The van der Waals surface area contributed by atoms with Crippen LogP contribution in [0.15, 0.2) is 59.6 Å². The average Bonchev–Trinajstić information content (AvgIpc) is 2.62. The van der Waals surface area contributed by atoms with Crippen molar-refractivity contribution in [3.8, 4) is 0 Å². The van der Waals surface area contributed by atoms with Crippen LogP contribution in [0.3, 0.4) is 0 Å². The number of amides is 1. The van der Waals surface area contributed by atoms with E-state index in [0.717, 1.165) is 5.56 Å². The van der Waals surface area contributed by atoms with Crippen LogP contribution in [-0.4, -0.2) is 44.0 Å². The molecule has 0 aliphatic heterocycles. The molecule has 0 unspecified atom stereocenters. The van der Waals surface area contributed by atoms with Crippen molar-refractivity contribution in [1.82, 2.24) is 15.5 Å². The maximum Gasteiger partial charge on any atom is 0.251 e. The third kappa shape index (κ3) is 6.99. The number of nitrogens with zero attached hydrogens (tertiary/aromatic N) is 2. The van der Waals surface area contributed by atoms with Gasteiger partial charge in [-0.2, -0.15) is 0 Å². The molecule has 2 N–H and O–H groups in total. The molecule has 0 radical (unpaired) electrons. The van der Waals surface area contributed by atoms with Gasteiger partial charge >= 0.3 is 0 Å². The van der Waals surface area contributed by atoms with Crippen molar-refractivity contribution < 1.29 is 9.18 Å². The van der Waals surface area contributed by atoms with Crippen LogP contribution in [0.2, 0.25) is 0 Å². The molecule has 2 aromatic carbocycles. The van der Waals surface area contributed by atoms with Gasteiger partial charge in [0.1, 0.15) is 5.82 Å². The summed E-state index contributed by atoms with van der Waals surface area (Å²) < 4.78 is 13.3. The van der Waals surface area contributed by atoms with Crippen molar-refractivity contribution in [3.05, 3.63) is 71.5 Å². The lowest BCUT2D eigenvalue weighted by Gasteiger charge is -2.22. The van der Waals surface area contributed by atoms with Crippen LogP contribution in [0.1, 0.15) is 15.9 Å². The van der Waals surface area contributed by atoms with Crippen LogP contribution >= 0.6 is 24.0 Å². The highest BCUT2D eigenvalue weighted by Crippen LogP contribution is 2.06. The molecule has 0 bridgehead atoms. The third-order valence-corrected chi connectivity index (χ3v) is 3.61. The van der Waals surface area contributed by atoms with Gasteiger partial charge in [0.25, 0.3) is 5.91 Å². The molecule has 26 heavy (non-hydrogen) atoms. The van der Waals surface area contributed by atoms with Crippen LogP contribution < -0.4 is 10.6 Å². The first-order valence-electron chi connectivity index (χ1n) is 8.09. The molecule has 2 rings (SSSR count). The van der Waals surface area contributed by atoms with Crippen molar-refractivity contribution >= 4 is 35.8 Å². The lowest BCUT2D eigenvalue weighted by atomic mass is 10.2. The summed E-state index contributed by atoms with van der Waals surface area (Å²) in [5.74, 6) is 0.321. The number of guanidine groups is 1. The normalized spacial score (nSPS) is 10.7. The highest BCUT2D eigenvalue weighted by atomic mass is 127. The monoisotopic (exact) mass is 470 g/mol. The number of rotatable bonds is 6. The Bertz CT molecular complexity index is 724. The number of nitrogens with one attached hydrogen (secondary N) is 2. The number of halogens is 2. The fourth-order valence-electron chi connectivity index (χ4n) is 2.41. The van der Waals surface area contributed by atoms with Crippen molar-refractivity contribution in [2.45, 2.75) is 6.54 Å². The Hall–Kier alpha value is -2.16. The minimum absolute atomic E-state index is 0. The van der Waals surface area contributed by atoms with Gasteiger partial charge in [0.05, 0.1) is 0 Å². The number of hydrogen-bond acceptors (Lipinski definition) is 2. The summed E-state index contributed by atoms with van der Waals surface area (Å²) in [4.78, 5) is 18.1. The number of hydrogen-bond donors (Lipinski definition) is 2. The van der Waals surface area contributed by atoms with Crippen molar-refractivity contribution in [2.24, 2.45) is 4.99 Å². The Morgan fingerprint density at radius 1 is 1.08 bits per heavy atom. The Morgan fingerprint density at radius 2 is 1.77 bits per heavy atom. The van der Waals surface area contributed by atoms with E-state index < -0.39 is 0 Å². The fraction of sp³-hybridized carbons (Fsp3) is 0.263. The molecule has 0 fully saturated rings. The molecular weight excluding hydrogens is 446 g/mol. The van der Waals surface area contributed by atoms with Crippen molar-refractivity contribution in [1.29, 1.82) is 0 Å². The minimum atomic E-state index is -0.252. The Labute approximate surface area is 170 Å². The average molecular weight is 470 g/mol. The van der Waals surface area contributed by atoms with Crippen molar-refractivity contribution in [3.63, 3.8) is 0 Å². The first kappa shape index (κ1) is 21.9. The molecule has 7 heteroatoms. The minimum Gasteiger partial charge on any atom is -0.354 e. The van der Waals surface area contributed by atoms with Crippen LogP contribution in [0.25, 0.3) is 0 Å². The zero-order chi connectivity index (χ0) is 18.1. The fourth-order valence-corrected chi connectivity index (χ4v) is 2.41. The first-order valence-corrected chi connectivity index (χ1v) is 8.09. The maximum absolute atomic E-state index is 13.3. The van der Waals surface area contributed by atoms with E-state index in [-0.39, 0.29) is 35.7 Å². The second-order valence-electron chi connectivity index (χ2n) is 5.58. The van der Waals surface area contributed by atoms with Crippen molar-refractivity contribution in [2.75, 3.05) is 27.2 Å². The van der Waals surface area contributed by atoms with E-state index in [0.29, 0.717) is 31.2 Å². The lowest BCUT2D eigenvalue weighted by molar-refractivity contribution is 0.0954.